The van der Waals surface area contributed by atoms with Crippen LogP contribution in [0.2, 0.25) is 0 Å². The topological polar surface area (TPSA) is 137 Å². The van der Waals surface area contributed by atoms with E-state index in [4.69, 9.17) is 14.7 Å². The third-order valence-corrected chi connectivity index (χ3v) is 9.38. The van der Waals surface area contributed by atoms with Crippen LogP contribution >= 0.6 is 0 Å². The molecule has 7 rings (SSSR count). The minimum Gasteiger partial charge on any atom is -0.380 e. The molecule has 2 N–H and O–H groups in total. The van der Waals surface area contributed by atoms with Crippen LogP contribution in [0.1, 0.15) is 43.2 Å². The molecule has 5 heterocycles. The van der Waals surface area contributed by atoms with E-state index in [0.717, 1.165) is 75.1 Å². The highest BCUT2D eigenvalue weighted by molar-refractivity contribution is 5.91. The number of ether oxygens (including phenoxy) is 1. The summed E-state index contributed by atoms with van der Waals surface area (Å²) in [4.78, 5) is 31.8. The average Bonchev–Trinajstić information content (AvgIpc) is 3.73. The first-order chi connectivity index (χ1) is 22.5. The van der Waals surface area contributed by atoms with Gasteiger partial charge < -0.3 is 20.3 Å². The third-order valence-electron chi connectivity index (χ3n) is 9.38. The summed E-state index contributed by atoms with van der Waals surface area (Å²) in [7, 11) is 1.88. The predicted molar refractivity (Wildman–Crippen MR) is 174 cm³/mol. The largest absolute Gasteiger partial charge is 0.380 e. The molecule has 3 fully saturated rings. The molecule has 4 aromatic rings. The number of rotatable bonds is 8. The zero-order chi connectivity index (χ0) is 31.5. The van der Waals surface area contributed by atoms with Crippen molar-refractivity contribution < 1.29 is 9.53 Å². The van der Waals surface area contributed by atoms with Crippen molar-refractivity contribution in [3.8, 4) is 17.2 Å². The van der Waals surface area contributed by atoms with Crippen molar-refractivity contribution >= 4 is 23.6 Å². The van der Waals surface area contributed by atoms with Gasteiger partial charge in [-0.1, -0.05) is 30.3 Å². The second-order valence-electron chi connectivity index (χ2n) is 12.7. The maximum Gasteiger partial charge on any atom is 0.323 e. The Kier molecular flexibility index (Phi) is 8.24. The van der Waals surface area contributed by atoms with Crippen molar-refractivity contribution in [1.29, 1.82) is 5.26 Å². The van der Waals surface area contributed by atoms with Gasteiger partial charge in [0.25, 0.3) is 0 Å². The van der Waals surface area contributed by atoms with E-state index in [0.29, 0.717) is 29.7 Å². The number of nitriles is 1. The number of amides is 2. The summed E-state index contributed by atoms with van der Waals surface area (Å²) in [5.74, 6) is 1.85. The molecule has 1 aromatic carbocycles. The fourth-order valence-electron chi connectivity index (χ4n) is 6.75. The van der Waals surface area contributed by atoms with Gasteiger partial charge in [-0.2, -0.15) is 15.3 Å². The summed E-state index contributed by atoms with van der Waals surface area (Å²) < 4.78 is 7.24. The molecule has 2 aliphatic heterocycles. The first-order valence-electron chi connectivity index (χ1n) is 15.9. The number of carbonyl (C=O) groups is 1. The molecule has 1 spiro atoms. The van der Waals surface area contributed by atoms with Gasteiger partial charge in [-0.05, 0) is 49.8 Å². The molecule has 2 amide bonds. The Balaban J connectivity index is 1.04. The minimum absolute atomic E-state index is 0.0199. The van der Waals surface area contributed by atoms with Gasteiger partial charge in [-0.3, -0.25) is 9.58 Å². The van der Waals surface area contributed by atoms with Gasteiger partial charge in [0.05, 0.1) is 25.6 Å². The highest BCUT2D eigenvalue weighted by Gasteiger charge is 2.45. The summed E-state index contributed by atoms with van der Waals surface area (Å²) in [5.41, 5.74) is 3.64. The van der Waals surface area contributed by atoms with Crippen molar-refractivity contribution in [3.05, 3.63) is 78.4 Å². The molecule has 0 unspecified atom stereocenters. The SMILES string of the molecule is Cn1cc(-c2ccc(N(C(=O)NCc3ccccc3)C3CCC(Nc4ncc(C#N)c(N5CCC6(COC6)C5)n4)CC3)nc2)cn1. The van der Waals surface area contributed by atoms with E-state index in [1.54, 1.807) is 23.3 Å². The number of carbonyl (C=O) groups excluding carboxylic acids is 1. The van der Waals surface area contributed by atoms with Crippen LogP contribution in [0.5, 0.6) is 0 Å². The van der Waals surface area contributed by atoms with Crippen molar-refractivity contribution in [1.82, 2.24) is 30.0 Å². The Labute approximate surface area is 268 Å². The number of aryl methyl sites for hydroxylation is 1. The number of benzene rings is 1. The molecule has 2 saturated heterocycles. The fourth-order valence-corrected chi connectivity index (χ4v) is 6.75. The van der Waals surface area contributed by atoms with Crippen LogP contribution in [0.3, 0.4) is 0 Å². The van der Waals surface area contributed by atoms with Crippen LogP contribution in [-0.2, 0) is 18.3 Å². The second-order valence-corrected chi connectivity index (χ2v) is 12.7. The lowest BCUT2D eigenvalue weighted by Gasteiger charge is -2.37. The van der Waals surface area contributed by atoms with Gasteiger partial charge >= 0.3 is 6.03 Å². The molecule has 1 saturated carbocycles. The zero-order valence-electron chi connectivity index (χ0n) is 26.0. The zero-order valence-corrected chi connectivity index (χ0v) is 26.0. The molecule has 12 heteroatoms. The normalized spacial score (nSPS) is 20.1. The molecule has 236 valence electrons. The standard InChI is InChI=1S/C34H38N10O2/c1-42-20-27(19-39-42)25-7-12-30(36-17-25)44(33(45)38-16-24-5-3-2-4-6-24)29-10-8-28(9-11-29)40-32-37-18-26(15-35)31(41-32)43-14-13-34(21-43)22-46-23-34/h2-7,12,17-20,28-29H,8-11,13-14,16,21-23H2,1H3,(H,38,45)(H,37,40,41). The highest BCUT2D eigenvalue weighted by Crippen LogP contribution is 2.40. The molecule has 0 radical (unpaired) electrons. The Morgan fingerprint density at radius 1 is 1.07 bits per heavy atom. The number of nitrogens with zero attached hydrogens (tertiary/aromatic N) is 8. The van der Waals surface area contributed by atoms with Crippen LogP contribution < -0.4 is 20.4 Å². The summed E-state index contributed by atoms with van der Waals surface area (Å²) in [6.45, 7) is 3.69. The van der Waals surface area contributed by atoms with Gasteiger partial charge in [0.1, 0.15) is 17.5 Å². The number of aromatic nitrogens is 5. The smallest absolute Gasteiger partial charge is 0.323 e. The van der Waals surface area contributed by atoms with Crippen molar-refractivity contribution in [3.63, 3.8) is 0 Å². The fraction of sp³-hybridized carbons (Fsp3) is 0.412. The van der Waals surface area contributed by atoms with Crippen LogP contribution in [0.15, 0.2) is 67.3 Å². The first kappa shape index (κ1) is 29.7. The average molecular weight is 619 g/mol. The van der Waals surface area contributed by atoms with Crippen molar-refractivity contribution in [2.24, 2.45) is 12.5 Å². The van der Waals surface area contributed by atoms with E-state index in [9.17, 15) is 10.1 Å². The van der Waals surface area contributed by atoms with Crippen LogP contribution in [0, 0.1) is 16.7 Å². The number of anilines is 3. The monoisotopic (exact) mass is 618 g/mol. The van der Waals surface area contributed by atoms with E-state index < -0.39 is 0 Å². The Morgan fingerprint density at radius 2 is 1.89 bits per heavy atom. The number of nitrogens with one attached hydrogen (secondary N) is 2. The quantitative estimate of drug-likeness (QED) is 0.292. The number of hydrogen-bond donors (Lipinski definition) is 2. The van der Waals surface area contributed by atoms with Crippen molar-refractivity contribution in [2.75, 3.05) is 41.4 Å². The Bertz CT molecular complexity index is 1710. The van der Waals surface area contributed by atoms with Crippen LogP contribution in [-0.4, -0.2) is 69.2 Å². The molecule has 1 aliphatic carbocycles. The maximum absolute atomic E-state index is 13.7. The third kappa shape index (κ3) is 6.23. The summed E-state index contributed by atoms with van der Waals surface area (Å²) in [6, 6.07) is 16.0. The van der Waals surface area contributed by atoms with Crippen molar-refractivity contribution in [2.45, 2.75) is 50.7 Å². The Hall–Kier alpha value is -5.02. The van der Waals surface area contributed by atoms with E-state index in [-0.39, 0.29) is 23.5 Å². The van der Waals surface area contributed by atoms with Gasteiger partial charge in [0.2, 0.25) is 5.95 Å². The van der Waals surface area contributed by atoms with Gasteiger partial charge in [0.15, 0.2) is 5.82 Å². The summed E-state index contributed by atoms with van der Waals surface area (Å²) in [5, 5.41) is 20.6. The lowest BCUT2D eigenvalue weighted by Crippen LogP contribution is -2.49. The molecule has 3 aliphatic rings. The maximum atomic E-state index is 13.7. The van der Waals surface area contributed by atoms with Gasteiger partial charge in [-0.25, -0.2) is 14.8 Å². The van der Waals surface area contributed by atoms with Gasteiger partial charge in [-0.15, -0.1) is 0 Å². The van der Waals surface area contributed by atoms with Crippen LogP contribution in [0.25, 0.3) is 11.1 Å². The molecular weight excluding hydrogens is 580 g/mol. The number of pyridine rings is 1. The van der Waals surface area contributed by atoms with Gasteiger partial charge in [0, 0.05) is 67.7 Å². The summed E-state index contributed by atoms with van der Waals surface area (Å²) in [6.07, 6.45) is 11.5. The second kappa shape index (κ2) is 12.8. The molecule has 3 aromatic heterocycles. The first-order valence-corrected chi connectivity index (χ1v) is 15.9. The lowest BCUT2D eigenvalue weighted by atomic mass is 9.85. The minimum atomic E-state index is -0.165. The molecule has 0 atom stereocenters. The summed E-state index contributed by atoms with van der Waals surface area (Å²) >= 11 is 0. The van der Waals surface area contributed by atoms with Crippen LogP contribution in [0.4, 0.5) is 22.4 Å². The highest BCUT2D eigenvalue weighted by atomic mass is 16.5. The Morgan fingerprint density at radius 3 is 2.54 bits per heavy atom. The van der Waals surface area contributed by atoms with E-state index in [1.165, 1.54) is 0 Å². The lowest BCUT2D eigenvalue weighted by molar-refractivity contribution is -0.0985. The van der Waals surface area contributed by atoms with E-state index >= 15 is 0 Å². The predicted octanol–water partition coefficient (Wildman–Crippen LogP) is 4.51. The van der Waals surface area contributed by atoms with E-state index in [2.05, 4.69) is 31.7 Å². The number of hydrogen-bond acceptors (Lipinski definition) is 9. The number of urea groups is 1. The molecule has 0 bridgehead atoms. The molecular formula is C34H38N10O2. The molecule has 46 heavy (non-hydrogen) atoms. The molecule has 12 nitrogen and oxygen atoms in total. The van der Waals surface area contributed by atoms with E-state index in [1.807, 2.05) is 60.6 Å².